The highest BCUT2D eigenvalue weighted by molar-refractivity contribution is 6.30. The van der Waals surface area contributed by atoms with E-state index in [2.05, 4.69) is 44.7 Å². The summed E-state index contributed by atoms with van der Waals surface area (Å²) >= 11 is 6.14. The molecular formula is C17H27ClN2. The summed E-state index contributed by atoms with van der Waals surface area (Å²) in [6.07, 6.45) is 1.26. The molecule has 1 aromatic carbocycles. The van der Waals surface area contributed by atoms with Crippen molar-refractivity contribution in [3.8, 4) is 0 Å². The molecule has 1 heterocycles. The van der Waals surface area contributed by atoms with Gasteiger partial charge in [-0.25, -0.2) is 0 Å². The normalized spacial score (nSPS) is 23.8. The van der Waals surface area contributed by atoms with Crippen LogP contribution in [0.5, 0.6) is 0 Å². The van der Waals surface area contributed by atoms with Crippen molar-refractivity contribution in [2.24, 2.45) is 17.1 Å². The Bertz CT molecular complexity index is 451. The largest absolute Gasteiger partial charge is 0.326 e. The molecule has 1 aromatic rings. The molecule has 0 bridgehead atoms. The fourth-order valence-corrected chi connectivity index (χ4v) is 3.48. The maximum absolute atomic E-state index is 6.27. The maximum Gasteiger partial charge on any atom is 0.0497 e. The van der Waals surface area contributed by atoms with Crippen LogP contribution in [-0.2, 0) is 0 Å². The van der Waals surface area contributed by atoms with Gasteiger partial charge in [0.1, 0.15) is 0 Å². The molecule has 20 heavy (non-hydrogen) atoms. The van der Waals surface area contributed by atoms with Crippen molar-refractivity contribution >= 4 is 11.6 Å². The van der Waals surface area contributed by atoms with Gasteiger partial charge in [0, 0.05) is 23.7 Å². The fraction of sp³-hybridized carbons (Fsp3) is 0.647. The molecule has 1 aliphatic rings. The first-order valence-corrected chi connectivity index (χ1v) is 7.92. The Balaban J connectivity index is 2.19. The lowest BCUT2D eigenvalue weighted by Gasteiger charge is -2.33. The van der Waals surface area contributed by atoms with Gasteiger partial charge in [-0.2, -0.15) is 0 Å². The summed E-state index contributed by atoms with van der Waals surface area (Å²) in [5.41, 5.74) is 7.87. The van der Waals surface area contributed by atoms with Crippen LogP contribution < -0.4 is 5.73 Å². The number of hydrogen-bond acceptors (Lipinski definition) is 2. The van der Waals surface area contributed by atoms with E-state index in [-0.39, 0.29) is 12.1 Å². The Kier molecular flexibility index (Phi) is 4.78. The highest BCUT2D eigenvalue weighted by atomic mass is 35.5. The van der Waals surface area contributed by atoms with Crippen molar-refractivity contribution < 1.29 is 0 Å². The van der Waals surface area contributed by atoms with E-state index in [1.807, 2.05) is 12.1 Å². The van der Waals surface area contributed by atoms with Crippen LogP contribution in [0.2, 0.25) is 5.02 Å². The number of nitrogens with zero attached hydrogens (tertiary/aromatic N) is 1. The van der Waals surface area contributed by atoms with Crippen LogP contribution in [0.4, 0.5) is 0 Å². The van der Waals surface area contributed by atoms with Gasteiger partial charge < -0.3 is 5.73 Å². The quantitative estimate of drug-likeness (QED) is 0.909. The minimum absolute atomic E-state index is 0.104. The number of likely N-dealkylation sites (tertiary alicyclic amines) is 1. The van der Waals surface area contributed by atoms with Gasteiger partial charge >= 0.3 is 0 Å². The molecule has 0 aliphatic carbocycles. The molecule has 2 rings (SSSR count). The van der Waals surface area contributed by atoms with E-state index >= 15 is 0 Å². The summed E-state index contributed by atoms with van der Waals surface area (Å²) in [6.45, 7) is 11.4. The second kappa shape index (κ2) is 6.05. The van der Waals surface area contributed by atoms with Crippen LogP contribution in [-0.4, -0.2) is 24.0 Å². The van der Waals surface area contributed by atoms with Crippen LogP contribution in [0.1, 0.15) is 45.7 Å². The fourth-order valence-electron chi connectivity index (χ4n) is 3.28. The van der Waals surface area contributed by atoms with Crippen molar-refractivity contribution in [3.05, 3.63) is 34.9 Å². The van der Waals surface area contributed by atoms with Crippen molar-refractivity contribution in [1.82, 2.24) is 4.90 Å². The highest BCUT2D eigenvalue weighted by Crippen LogP contribution is 2.38. The molecule has 3 heteroatoms. The molecule has 3 unspecified atom stereocenters. The van der Waals surface area contributed by atoms with Crippen LogP contribution in [0.3, 0.4) is 0 Å². The van der Waals surface area contributed by atoms with Gasteiger partial charge in [-0.3, -0.25) is 4.90 Å². The molecule has 0 radical (unpaired) electrons. The number of benzene rings is 1. The summed E-state index contributed by atoms with van der Waals surface area (Å²) in [4.78, 5) is 2.53. The van der Waals surface area contributed by atoms with Crippen molar-refractivity contribution in [2.45, 2.75) is 46.2 Å². The van der Waals surface area contributed by atoms with Gasteiger partial charge in [0.2, 0.25) is 0 Å². The smallest absolute Gasteiger partial charge is 0.0497 e. The summed E-state index contributed by atoms with van der Waals surface area (Å²) in [5, 5.41) is 0.791. The summed E-state index contributed by atoms with van der Waals surface area (Å²) in [7, 11) is 0. The molecule has 1 fully saturated rings. The predicted molar refractivity (Wildman–Crippen MR) is 87.0 cm³/mol. The van der Waals surface area contributed by atoms with E-state index in [0.717, 1.165) is 24.0 Å². The lowest BCUT2D eigenvalue weighted by Crippen LogP contribution is -2.39. The second-order valence-corrected chi connectivity index (χ2v) is 7.64. The average molecular weight is 295 g/mol. The topological polar surface area (TPSA) is 29.3 Å². The van der Waals surface area contributed by atoms with E-state index in [1.165, 1.54) is 12.0 Å². The van der Waals surface area contributed by atoms with Gasteiger partial charge in [0.15, 0.2) is 0 Å². The van der Waals surface area contributed by atoms with E-state index < -0.39 is 0 Å². The third-order valence-electron chi connectivity index (χ3n) is 4.53. The minimum Gasteiger partial charge on any atom is -0.326 e. The first-order valence-electron chi connectivity index (χ1n) is 7.54. The zero-order chi connectivity index (χ0) is 14.9. The molecule has 2 nitrogen and oxygen atoms in total. The zero-order valence-corrected chi connectivity index (χ0v) is 13.8. The van der Waals surface area contributed by atoms with Gasteiger partial charge in [0.05, 0.1) is 0 Å². The number of nitrogens with two attached hydrogens (primary N) is 1. The number of rotatable bonds is 3. The second-order valence-electron chi connectivity index (χ2n) is 7.21. The lowest BCUT2D eigenvalue weighted by molar-refractivity contribution is 0.180. The van der Waals surface area contributed by atoms with Gasteiger partial charge in [-0.1, -0.05) is 44.5 Å². The van der Waals surface area contributed by atoms with Gasteiger partial charge in [-0.05, 0) is 48.9 Å². The standard InChI is InChI=1S/C17H27ClN2/c1-12(19)16(13-6-5-7-15(18)10-13)20-9-8-14(11-20)17(2,3)4/h5-7,10,12,14,16H,8-9,11,19H2,1-4H3. The molecule has 3 atom stereocenters. The molecule has 2 N–H and O–H groups in total. The summed E-state index contributed by atoms with van der Waals surface area (Å²) in [5.74, 6) is 0.739. The Labute approximate surface area is 128 Å². The third-order valence-corrected chi connectivity index (χ3v) is 4.76. The third kappa shape index (κ3) is 3.55. The van der Waals surface area contributed by atoms with E-state index in [9.17, 15) is 0 Å². The Morgan fingerprint density at radius 2 is 2.05 bits per heavy atom. The Morgan fingerprint density at radius 3 is 2.55 bits per heavy atom. The summed E-state index contributed by atoms with van der Waals surface area (Å²) < 4.78 is 0. The average Bonchev–Trinajstić information content (AvgIpc) is 2.77. The lowest BCUT2D eigenvalue weighted by atomic mass is 9.80. The van der Waals surface area contributed by atoms with Crippen molar-refractivity contribution in [3.63, 3.8) is 0 Å². The van der Waals surface area contributed by atoms with Gasteiger partial charge in [0.25, 0.3) is 0 Å². The zero-order valence-electron chi connectivity index (χ0n) is 13.1. The first-order chi connectivity index (χ1) is 9.29. The molecule has 0 spiro atoms. The van der Waals surface area contributed by atoms with Crippen LogP contribution in [0, 0.1) is 11.3 Å². The molecule has 112 valence electrons. The van der Waals surface area contributed by atoms with Crippen molar-refractivity contribution in [2.75, 3.05) is 13.1 Å². The molecule has 0 amide bonds. The monoisotopic (exact) mass is 294 g/mol. The Morgan fingerprint density at radius 1 is 1.35 bits per heavy atom. The van der Waals surface area contributed by atoms with E-state index in [1.54, 1.807) is 0 Å². The molecule has 1 saturated heterocycles. The van der Waals surface area contributed by atoms with Crippen LogP contribution in [0.15, 0.2) is 24.3 Å². The molecule has 0 aromatic heterocycles. The minimum atomic E-state index is 0.104. The first kappa shape index (κ1) is 15.8. The SMILES string of the molecule is CC(N)C(c1cccc(Cl)c1)N1CCC(C(C)(C)C)C1. The molecular weight excluding hydrogens is 268 g/mol. The van der Waals surface area contributed by atoms with Crippen LogP contribution >= 0.6 is 11.6 Å². The summed E-state index contributed by atoms with van der Waals surface area (Å²) in [6, 6.07) is 8.51. The van der Waals surface area contributed by atoms with Gasteiger partial charge in [-0.15, -0.1) is 0 Å². The highest BCUT2D eigenvalue weighted by Gasteiger charge is 2.36. The molecule has 0 saturated carbocycles. The Hall–Kier alpha value is -0.570. The number of hydrogen-bond donors (Lipinski definition) is 1. The van der Waals surface area contributed by atoms with E-state index in [4.69, 9.17) is 17.3 Å². The molecule has 1 aliphatic heterocycles. The predicted octanol–water partition coefficient (Wildman–Crippen LogP) is 4.10. The van der Waals surface area contributed by atoms with Crippen molar-refractivity contribution in [1.29, 1.82) is 0 Å². The maximum atomic E-state index is 6.27. The van der Waals surface area contributed by atoms with Crippen LogP contribution in [0.25, 0.3) is 0 Å². The number of halogens is 1. The van der Waals surface area contributed by atoms with E-state index in [0.29, 0.717) is 5.41 Å².